The molecule has 4 rings (SSSR count). The highest BCUT2D eigenvalue weighted by Gasteiger charge is 2.18. The fourth-order valence-electron chi connectivity index (χ4n) is 5.04. The van der Waals surface area contributed by atoms with Crippen LogP contribution in [0.15, 0.2) is 71.7 Å². The summed E-state index contributed by atoms with van der Waals surface area (Å²) >= 11 is 0. The molecule has 4 N–H and O–H groups in total. The van der Waals surface area contributed by atoms with E-state index in [1.807, 2.05) is 63.2 Å². The first kappa shape index (κ1) is 29.4. The number of phenolic OH excluding ortho intramolecular Hbond substituents is 1. The van der Waals surface area contributed by atoms with Gasteiger partial charge in [0.1, 0.15) is 18.1 Å². The minimum absolute atomic E-state index is 0.0405. The molecule has 9 nitrogen and oxygen atoms in total. The number of amides is 2. The average Bonchev–Trinajstić information content (AvgIpc) is 2.93. The Labute approximate surface area is 240 Å². The van der Waals surface area contributed by atoms with Crippen molar-refractivity contribution in [1.82, 2.24) is 14.7 Å². The Morgan fingerprint density at radius 1 is 1.07 bits per heavy atom. The SMILES string of the molecule is BN(C)Cc1cc(NC(=O)N(C)C[C@H](C)c2ccc(C(C=O)Nc3ccc4cc[nH]c(=O)c4c3)cc2C)ccc1O. The Morgan fingerprint density at radius 2 is 1.83 bits per heavy atom. The van der Waals surface area contributed by atoms with Gasteiger partial charge in [0.15, 0.2) is 7.98 Å². The van der Waals surface area contributed by atoms with Crippen LogP contribution in [-0.4, -0.2) is 60.7 Å². The molecule has 1 unspecified atom stereocenters. The van der Waals surface area contributed by atoms with Crippen LogP contribution in [0, 0.1) is 6.92 Å². The van der Waals surface area contributed by atoms with Crippen LogP contribution in [0.3, 0.4) is 0 Å². The first-order valence-electron chi connectivity index (χ1n) is 13.5. The van der Waals surface area contributed by atoms with Crippen molar-refractivity contribution in [1.29, 1.82) is 0 Å². The molecule has 0 aliphatic carbocycles. The molecule has 0 radical (unpaired) electrons. The van der Waals surface area contributed by atoms with Gasteiger partial charge >= 0.3 is 6.03 Å². The van der Waals surface area contributed by atoms with Crippen molar-refractivity contribution in [3.8, 4) is 5.75 Å². The number of rotatable bonds is 10. The van der Waals surface area contributed by atoms with Gasteiger partial charge in [-0.05, 0) is 78.4 Å². The molecule has 0 fully saturated rings. The second-order valence-corrected chi connectivity index (χ2v) is 10.8. The predicted octanol–water partition coefficient (Wildman–Crippen LogP) is 4.14. The Kier molecular flexibility index (Phi) is 9.14. The summed E-state index contributed by atoms with van der Waals surface area (Å²) < 4.78 is 0. The van der Waals surface area contributed by atoms with Crippen molar-refractivity contribution in [3.05, 3.63) is 99.5 Å². The number of carbonyl (C=O) groups excluding carboxylic acids is 2. The average molecular weight is 553 g/mol. The van der Waals surface area contributed by atoms with Gasteiger partial charge in [-0.3, -0.25) is 4.79 Å². The number of pyridine rings is 1. The molecule has 1 heterocycles. The molecule has 212 valence electrons. The van der Waals surface area contributed by atoms with Crippen LogP contribution >= 0.6 is 0 Å². The van der Waals surface area contributed by atoms with Crippen molar-refractivity contribution < 1.29 is 14.7 Å². The number of carbonyl (C=O) groups is 2. The second-order valence-electron chi connectivity index (χ2n) is 10.8. The summed E-state index contributed by atoms with van der Waals surface area (Å²) in [5, 5.41) is 17.6. The van der Waals surface area contributed by atoms with E-state index >= 15 is 0 Å². The van der Waals surface area contributed by atoms with Crippen LogP contribution in [0.2, 0.25) is 0 Å². The minimum atomic E-state index is -0.588. The third kappa shape index (κ3) is 7.15. The van der Waals surface area contributed by atoms with Crippen molar-refractivity contribution >= 4 is 42.4 Å². The molecule has 41 heavy (non-hydrogen) atoms. The summed E-state index contributed by atoms with van der Waals surface area (Å²) in [6, 6.07) is 17.4. The number of hydrogen-bond donors (Lipinski definition) is 4. The fraction of sp³-hybridized carbons (Fsp3) is 0.258. The van der Waals surface area contributed by atoms with Gasteiger partial charge in [0, 0.05) is 48.7 Å². The zero-order valence-corrected chi connectivity index (χ0v) is 24.1. The predicted molar refractivity (Wildman–Crippen MR) is 166 cm³/mol. The van der Waals surface area contributed by atoms with Gasteiger partial charge in [0.2, 0.25) is 0 Å². The number of aromatic nitrogens is 1. The maximum atomic E-state index is 12.9. The van der Waals surface area contributed by atoms with E-state index in [2.05, 4.69) is 22.5 Å². The van der Waals surface area contributed by atoms with Crippen molar-refractivity contribution in [2.75, 3.05) is 31.3 Å². The summed E-state index contributed by atoms with van der Waals surface area (Å²) in [5.41, 5.74) is 4.75. The molecule has 0 saturated carbocycles. The number of anilines is 2. The van der Waals surface area contributed by atoms with Crippen LogP contribution in [0.5, 0.6) is 5.75 Å². The molecule has 3 aromatic carbocycles. The quantitative estimate of drug-likeness (QED) is 0.133. The van der Waals surface area contributed by atoms with Crippen LogP contribution in [0.4, 0.5) is 16.2 Å². The fourth-order valence-corrected chi connectivity index (χ4v) is 5.04. The van der Waals surface area contributed by atoms with Crippen LogP contribution in [0.25, 0.3) is 10.8 Å². The van der Waals surface area contributed by atoms with E-state index < -0.39 is 6.04 Å². The standard InChI is InChI=1S/C31H36BN5O4/c1-19-13-22(28(18-38)34-25-7-5-21-11-12-33-30(40)27(21)15-25)6-9-26(19)20(2)16-36(3)31(41)35-24-8-10-29(39)23(14-24)17-37(4)32/h5-15,18,20,28,34,39H,16-17,32H2,1-4H3,(H,33,40)(H,35,41)/t20-,28?/m0/s1. The largest absolute Gasteiger partial charge is 0.508 e. The van der Waals surface area contributed by atoms with Gasteiger partial charge in [-0.15, -0.1) is 0 Å². The lowest BCUT2D eigenvalue weighted by Crippen LogP contribution is -2.34. The highest BCUT2D eigenvalue weighted by molar-refractivity contribution is 6.04. The monoisotopic (exact) mass is 553 g/mol. The van der Waals surface area contributed by atoms with Gasteiger partial charge in [-0.25, -0.2) is 4.79 Å². The second kappa shape index (κ2) is 12.7. The number of urea groups is 1. The molecular formula is C31H36BN5O4. The van der Waals surface area contributed by atoms with Crippen molar-refractivity contribution in [3.63, 3.8) is 0 Å². The molecule has 0 saturated heterocycles. The molecule has 0 bridgehead atoms. The number of fused-ring (bicyclic) bond motifs is 1. The highest BCUT2D eigenvalue weighted by Crippen LogP contribution is 2.27. The molecule has 1 aromatic heterocycles. The lowest BCUT2D eigenvalue weighted by molar-refractivity contribution is -0.108. The van der Waals surface area contributed by atoms with E-state index in [1.165, 1.54) is 0 Å². The van der Waals surface area contributed by atoms with Gasteiger partial charge in [-0.1, -0.05) is 31.2 Å². The summed E-state index contributed by atoms with van der Waals surface area (Å²) in [4.78, 5) is 43.4. The topological polar surface area (TPSA) is 118 Å². The third-order valence-corrected chi connectivity index (χ3v) is 7.13. The number of nitrogens with zero attached hydrogens (tertiary/aromatic N) is 2. The van der Waals surface area contributed by atoms with Gasteiger partial charge in [0.05, 0.1) is 0 Å². The molecule has 0 aliphatic heterocycles. The number of benzene rings is 3. The Bertz CT molecular complexity index is 1620. The third-order valence-electron chi connectivity index (χ3n) is 7.13. The molecule has 2 atom stereocenters. The van der Waals surface area contributed by atoms with E-state index in [1.54, 1.807) is 42.4 Å². The zero-order valence-electron chi connectivity index (χ0n) is 24.1. The lowest BCUT2D eigenvalue weighted by atomic mass is 9.92. The number of hydrogen-bond acceptors (Lipinski definition) is 6. The number of likely N-dealkylation sites (N-methyl/N-ethyl adjacent to an activating group) is 1. The summed E-state index contributed by atoms with van der Waals surface area (Å²) in [6.07, 6.45) is 2.46. The van der Waals surface area contributed by atoms with Crippen LogP contribution in [0.1, 0.15) is 41.1 Å². The highest BCUT2D eigenvalue weighted by atomic mass is 16.3. The molecule has 2 amide bonds. The Balaban J connectivity index is 1.42. The Hall–Kier alpha value is -4.57. The molecule has 0 aliphatic rings. The number of aldehydes is 1. The van der Waals surface area contributed by atoms with Crippen molar-refractivity contribution in [2.45, 2.75) is 32.4 Å². The minimum Gasteiger partial charge on any atom is -0.508 e. The van der Waals surface area contributed by atoms with Crippen LogP contribution < -0.4 is 16.2 Å². The number of phenols is 1. The first-order chi connectivity index (χ1) is 19.5. The van der Waals surface area contributed by atoms with Gasteiger partial charge in [0.25, 0.3) is 5.56 Å². The van der Waals surface area contributed by atoms with E-state index in [9.17, 15) is 19.5 Å². The van der Waals surface area contributed by atoms with Crippen LogP contribution in [-0.2, 0) is 11.3 Å². The summed E-state index contributed by atoms with van der Waals surface area (Å²) in [6.45, 7) is 5.09. The normalized spacial score (nSPS) is 12.6. The maximum Gasteiger partial charge on any atom is 0.321 e. The summed E-state index contributed by atoms with van der Waals surface area (Å²) in [7, 11) is 5.58. The number of aromatic hydroxyl groups is 1. The van der Waals surface area contributed by atoms with E-state index in [4.69, 9.17) is 0 Å². The molecule has 0 spiro atoms. The number of aryl methyl sites for hydroxylation is 1. The first-order valence-corrected chi connectivity index (χ1v) is 13.5. The van der Waals surface area contributed by atoms with E-state index in [0.29, 0.717) is 29.9 Å². The number of aromatic amines is 1. The maximum absolute atomic E-state index is 12.9. The zero-order chi connectivity index (χ0) is 29.7. The van der Waals surface area contributed by atoms with E-state index in [-0.39, 0.29) is 23.3 Å². The van der Waals surface area contributed by atoms with Crippen molar-refractivity contribution in [2.24, 2.45) is 0 Å². The molecule has 10 heteroatoms. The molecule has 4 aromatic rings. The van der Waals surface area contributed by atoms with Gasteiger partial charge in [-0.2, -0.15) is 0 Å². The smallest absolute Gasteiger partial charge is 0.321 e. The molecular weight excluding hydrogens is 517 g/mol. The number of nitrogens with one attached hydrogen (secondary N) is 3. The summed E-state index contributed by atoms with van der Waals surface area (Å²) in [5.74, 6) is 0.232. The van der Waals surface area contributed by atoms with E-state index in [0.717, 1.165) is 33.9 Å². The number of H-pyrrole nitrogens is 1. The Morgan fingerprint density at radius 3 is 2.54 bits per heavy atom. The lowest BCUT2D eigenvalue weighted by Gasteiger charge is -2.24. The van der Waals surface area contributed by atoms with Gasteiger partial charge < -0.3 is 35.2 Å².